The van der Waals surface area contributed by atoms with E-state index in [2.05, 4.69) is 29.0 Å². The highest BCUT2D eigenvalue weighted by atomic mass is 16.6. The van der Waals surface area contributed by atoms with Crippen LogP contribution in [0.5, 0.6) is 0 Å². The van der Waals surface area contributed by atoms with Crippen LogP contribution in [0.4, 0.5) is 5.69 Å². The van der Waals surface area contributed by atoms with Crippen molar-refractivity contribution in [3.63, 3.8) is 0 Å². The van der Waals surface area contributed by atoms with Crippen LogP contribution in [0.25, 0.3) is 22.4 Å². The summed E-state index contributed by atoms with van der Waals surface area (Å²) in [5.74, 6) is 0.730. The first kappa shape index (κ1) is 13.3. The van der Waals surface area contributed by atoms with Crippen molar-refractivity contribution in [3.8, 4) is 11.4 Å². The summed E-state index contributed by atoms with van der Waals surface area (Å²) in [5, 5.41) is 10.8. The van der Waals surface area contributed by atoms with Crippen molar-refractivity contribution in [1.82, 2.24) is 9.97 Å². The molecule has 21 heavy (non-hydrogen) atoms. The first-order valence-electron chi connectivity index (χ1n) is 6.91. The molecule has 0 radical (unpaired) electrons. The average Bonchev–Trinajstić information content (AvgIpc) is 2.91. The number of aryl methyl sites for hydroxylation is 1. The molecule has 2 aromatic carbocycles. The molecule has 1 heterocycles. The maximum atomic E-state index is 10.8. The monoisotopic (exact) mass is 281 g/mol. The molecule has 0 aliphatic heterocycles. The van der Waals surface area contributed by atoms with Gasteiger partial charge in [0.25, 0.3) is 5.69 Å². The average molecular weight is 281 g/mol. The van der Waals surface area contributed by atoms with Crippen molar-refractivity contribution in [1.29, 1.82) is 0 Å². The van der Waals surface area contributed by atoms with Crippen molar-refractivity contribution in [2.45, 2.75) is 19.8 Å². The summed E-state index contributed by atoms with van der Waals surface area (Å²) in [7, 11) is 0. The number of hydrogen-bond donors (Lipinski definition) is 1. The van der Waals surface area contributed by atoms with E-state index in [0.717, 1.165) is 29.7 Å². The lowest BCUT2D eigenvalue weighted by Gasteiger charge is -2.00. The molecule has 1 aromatic heterocycles. The maximum absolute atomic E-state index is 10.8. The van der Waals surface area contributed by atoms with Crippen LogP contribution in [0, 0.1) is 10.1 Å². The van der Waals surface area contributed by atoms with E-state index in [-0.39, 0.29) is 5.69 Å². The molecule has 1 N–H and O–H groups in total. The van der Waals surface area contributed by atoms with E-state index in [4.69, 9.17) is 0 Å². The van der Waals surface area contributed by atoms with E-state index < -0.39 is 4.92 Å². The Labute approximate surface area is 121 Å². The molecule has 0 aliphatic carbocycles. The first-order chi connectivity index (χ1) is 10.2. The second-order valence-electron chi connectivity index (χ2n) is 4.99. The van der Waals surface area contributed by atoms with Crippen LogP contribution in [-0.4, -0.2) is 14.9 Å². The summed E-state index contributed by atoms with van der Waals surface area (Å²) < 4.78 is 0. The van der Waals surface area contributed by atoms with Gasteiger partial charge >= 0.3 is 0 Å². The number of nitro benzene ring substituents is 1. The fourth-order valence-electron chi connectivity index (χ4n) is 2.37. The van der Waals surface area contributed by atoms with Gasteiger partial charge in [0.1, 0.15) is 5.82 Å². The molecular weight excluding hydrogens is 266 g/mol. The lowest BCUT2D eigenvalue weighted by atomic mass is 10.1. The molecule has 3 aromatic rings. The number of imidazole rings is 1. The number of nitrogens with zero attached hydrogens (tertiary/aromatic N) is 2. The number of benzene rings is 2. The second-order valence-corrected chi connectivity index (χ2v) is 4.99. The third-order valence-corrected chi connectivity index (χ3v) is 3.44. The number of H-pyrrole nitrogens is 1. The summed E-state index contributed by atoms with van der Waals surface area (Å²) in [6.07, 6.45) is 2.18. The molecule has 106 valence electrons. The van der Waals surface area contributed by atoms with Crippen molar-refractivity contribution >= 4 is 16.7 Å². The molecule has 0 amide bonds. The third-order valence-electron chi connectivity index (χ3n) is 3.44. The minimum absolute atomic E-state index is 0.0657. The minimum Gasteiger partial charge on any atom is -0.338 e. The Balaban J connectivity index is 1.98. The van der Waals surface area contributed by atoms with Crippen LogP contribution < -0.4 is 0 Å². The lowest BCUT2D eigenvalue weighted by Crippen LogP contribution is -1.86. The largest absolute Gasteiger partial charge is 0.338 e. The quantitative estimate of drug-likeness (QED) is 0.578. The SMILES string of the molecule is CCCc1ccc(-c2nc3ccc([N+](=O)[O-])cc3[nH]2)cc1. The van der Waals surface area contributed by atoms with Gasteiger partial charge in [-0.05, 0) is 18.1 Å². The standard InChI is InChI=1S/C16H15N3O2/c1-2-3-11-4-6-12(7-5-11)16-17-14-9-8-13(19(20)21)10-15(14)18-16/h4-10H,2-3H2,1H3,(H,17,18). The number of aromatic nitrogens is 2. The van der Waals surface area contributed by atoms with Crippen molar-refractivity contribution in [2.24, 2.45) is 0 Å². The molecule has 0 atom stereocenters. The van der Waals surface area contributed by atoms with Gasteiger partial charge in [0.05, 0.1) is 16.0 Å². The van der Waals surface area contributed by atoms with Gasteiger partial charge in [0, 0.05) is 17.7 Å². The Morgan fingerprint density at radius 3 is 2.62 bits per heavy atom. The first-order valence-corrected chi connectivity index (χ1v) is 6.91. The molecule has 0 saturated carbocycles. The number of aromatic amines is 1. The molecule has 5 nitrogen and oxygen atoms in total. The fraction of sp³-hybridized carbons (Fsp3) is 0.188. The Morgan fingerprint density at radius 2 is 1.95 bits per heavy atom. The zero-order valence-electron chi connectivity index (χ0n) is 11.7. The van der Waals surface area contributed by atoms with E-state index >= 15 is 0 Å². The summed E-state index contributed by atoms with van der Waals surface area (Å²) in [6, 6.07) is 12.9. The highest BCUT2D eigenvalue weighted by molar-refractivity contribution is 5.81. The van der Waals surface area contributed by atoms with Gasteiger partial charge in [-0.2, -0.15) is 0 Å². The Bertz CT molecular complexity index is 791. The van der Waals surface area contributed by atoms with Gasteiger partial charge in [0.15, 0.2) is 0 Å². The molecule has 5 heteroatoms. The van der Waals surface area contributed by atoms with E-state index in [0.29, 0.717) is 5.52 Å². The summed E-state index contributed by atoms with van der Waals surface area (Å²) in [6.45, 7) is 2.15. The van der Waals surface area contributed by atoms with Gasteiger partial charge < -0.3 is 4.98 Å². The summed E-state index contributed by atoms with van der Waals surface area (Å²) in [5.41, 5.74) is 3.75. The molecule has 0 fully saturated rings. The van der Waals surface area contributed by atoms with Crippen LogP contribution in [-0.2, 0) is 6.42 Å². The zero-order chi connectivity index (χ0) is 14.8. The Morgan fingerprint density at radius 1 is 1.19 bits per heavy atom. The van der Waals surface area contributed by atoms with E-state index in [1.54, 1.807) is 6.07 Å². The van der Waals surface area contributed by atoms with E-state index in [1.807, 2.05) is 12.1 Å². The Kier molecular flexibility index (Phi) is 3.39. The van der Waals surface area contributed by atoms with Crippen LogP contribution in [0.1, 0.15) is 18.9 Å². The third kappa shape index (κ3) is 2.63. The van der Waals surface area contributed by atoms with Gasteiger partial charge in [0.2, 0.25) is 0 Å². The zero-order valence-corrected chi connectivity index (χ0v) is 11.7. The van der Waals surface area contributed by atoms with Crippen LogP contribution in [0.15, 0.2) is 42.5 Å². The van der Waals surface area contributed by atoms with Crippen molar-refractivity contribution in [3.05, 3.63) is 58.1 Å². The molecule has 0 bridgehead atoms. The van der Waals surface area contributed by atoms with Gasteiger partial charge in [-0.1, -0.05) is 37.6 Å². The second kappa shape index (κ2) is 5.36. The number of non-ortho nitro benzene ring substituents is 1. The number of rotatable bonds is 4. The van der Waals surface area contributed by atoms with Crippen LogP contribution in [0.3, 0.4) is 0 Å². The predicted molar refractivity (Wildman–Crippen MR) is 82.2 cm³/mol. The van der Waals surface area contributed by atoms with Crippen molar-refractivity contribution in [2.75, 3.05) is 0 Å². The summed E-state index contributed by atoms with van der Waals surface area (Å²) in [4.78, 5) is 18.0. The number of hydrogen-bond acceptors (Lipinski definition) is 3. The molecule has 0 unspecified atom stereocenters. The molecule has 0 spiro atoms. The Hall–Kier alpha value is -2.69. The summed E-state index contributed by atoms with van der Waals surface area (Å²) >= 11 is 0. The minimum atomic E-state index is -0.403. The lowest BCUT2D eigenvalue weighted by molar-refractivity contribution is -0.384. The van der Waals surface area contributed by atoms with Gasteiger partial charge in [-0.15, -0.1) is 0 Å². The van der Waals surface area contributed by atoms with E-state index in [9.17, 15) is 10.1 Å². The van der Waals surface area contributed by atoms with Crippen LogP contribution in [0.2, 0.25) is 0 Å². The molecule has 0 saturated heterocycles. The topological polar surface area (TPSA) is 71.8 Å². The highest BCUT2D eigenvalue weighted by Gasteiger charge is 2.10. The molecule has 0 aliphatic rings. The van der Waals surface area contributed by atoms with Crippen LogP contribution >= 0.6 is 0 Å². The predicted octanol–water partition coefficient (Wildman–Crippen LogP) is 4.09. The maximum Gasteiger partial charge on any atom is 0.271 e. The van der Waals surface area contributed by atoms with Gasteiger partial charge in [-0.3, -0.25) is 10.1 Å². The van der Waals surface area contributed by atoms with Gasteiger partial charge in [-0.25, -0.2) is 4.98 Å². The smallest absolute Gasteiger partial charge is 0.271 e. The highest BCUT2D eigenvalue weighted by Crippen LogP contribution is 2.24. The molecular formula is C16H15N3O2. The fourth-order valence-corrected chi connectivity index (χ4v) is 2.37. The van der Waals surface area contributed by atoms with Crippen molar-refractivity contribution < 1.29 is 4.92 Å². The number of fused-ring (bicyclic) bond motifs is 1. The number of nitro groups is 1. The number of nitrogens with one attached hydrogen (secondary N) is 1. The normalized spacial score (nSPS) is 10.9. The van der Waals surface area contributed by atoms with E-state index in [1.165, 1.54) is 17.7 Å². The molecule has 3 rings (SSSR count).